The molecule has 0 saturated carbocycles. The number of Topliss-reactive ketones (excluding diaryl/α,β-unsaturated/α-hetero) is 1. The predicted molar refractivity (Wildman–Crippen MR) is 62.6 cm³/mol. The van der Waals surface area contributed by atoms with Crippen molar-refractivity contribution in [1.29, 1.82) is 0 Å². The second-order valence-corrected chi connectivity index (χ2v) is 5.21. The Hall–Kier alpha value is -1.65. The van der Waals surface area contributed by atoms with Crippen molar-refractivity contribution in [2.45, 2.75) is 40.7 Å². The van der Waals surface area contributed by atoms with E-state index in [1.165, 1.54) is 13.0 Å². The molecule has 1 aromatic heterocycles. The maximum atomic E-state index is 11.8. The van der Waals surface area contributed by atoms with Crippen LogP contribution in [0.3, 0.4) is 0 Å². The van der Waals surface area contributed by atoms with Gasteiger partial charge in [-0.2, -0.15) is 0 Å². The molecule has 1 aromatic rings. The second kappa shape index (κ2) is 4.69. The van der Waals surface area contributed by atoms with Gasteiger partial charge in [-0.3, -0.25) is 9.59 Å². The lowest BCUT2D eigenvalue weighted by Crippen LogP contribution is -2.48. The van der Waals surface area contributed by atoms with Gasteiger partial charge in [0.2, 0.25) is 0 Å². The third kappa shape index (κ3) is 3.41. The van der Waals surface area contributed by atoms with Crippen LogP contribution in [0.1, 0.15) is 43.9 Å². The van der Waals surface area contributed by atoms with Crippen molar-refractivity contribution in [3.8, 4) is 0 Å². The van der Waals surface area contributed by atoms with Gasteiger partial charge in [-0.05, 0) is 19.3 Å². The van der Waals surface area contributed by atoms with Crippen LogP contribution >= 0.6 is 0 Å². The van der Waals surface area contributed by atoms with Crippen LogP contribution in [0.25, 0.3) is 0 Å². The molecule has 0 unspecified atom stereocenters. The van der Waals surface area contributed by atoms with E-state index >= 15 is 0 Å². The number of nitrogens with zero attached hydrogens (tertiary/aromatic N) is 1. The zero-order valence-electron chi connectivity index (χ0n) is 10.8. The lowest BCUT2D eigenvalue weighted by atomic mass is 9.84. The van der Waals surface area contributed by atoms with E-state index in [4.69, 9.17) is 4.52 Å². The summed E-state index contributed by atoms with van der Waals surface area (Å²) in [5.74, 6) is 0.0910. The van der Waals surface area contributed by atoms with Gasteiger partial charge in [0.1, 0.15) is 5.76 Å². The number of aryl methyl sites for hydroxylation is 1. The highest BCUT2D eigenvalue weighted by Gasteiger charge is 2.30. The Balaban J connectivity index is 2.82. The summed E-state index contributed by atoms with van der Waals surface area (Å²) in [7, 11) is 0. The Bertz CT molecular complexity index is 429. The van der Waals surface area contributed by atoms with Crippen LogP contribution in [0.5, 0.6) is 0 Å². The fraction of sp³-hybridized carbons (Fsp3) is 0.583. The van der Waals surface area contributed by atoms with Crippen LogP contribution in [0, 0.1) is 12.3 Å². The average molecular weight is 238 g/mol. The normalized spacial score (nSPS) is 13.2. The Labute approximate surface area is 101 Å². The van der Waals surface area contributed by atoms with Crippen molar-refractivity contribution in [2.75, 3.05) is 0 Å². The van der Waals surface area contributed by atoms with Crippen LogP contribution in [-0.4, -0.2) is 22.9 Å². The minimum atomic E-state index is -0.535. The number of aromatic nitrogens is 1. The molecule has 5 heteroatoms. The molecule has 0 bridgehead atoms. The summed E-state index contributed by atoms with van der Waals surface area (Å²) in [6.45, 7) is 8.86. The van der Waals surface area contributed by atoms with Crippen molar-refractivity contribution in [2.24, 2.45) is 5.41 Å². The molecule has 0 spiro atoms. The third-order valence-corrected chi connectivity index (χ3v) is 2.41. The number of carbonyl (C=O) groups is 2. The summed E-state index contributed by atoms with van der Waals surface area (Å²) in [4.78, 5) is 23.3. The first-order valence-electron chi connectivity index (χ1n) is 5.46. The van der Waals surface area contributed by atoms with Gasteiger partial charge in [-0.1, -0.05) is 25.9 Å². The van der Waals surface area contributed by atoms with Crippen molar-refractivity contribution in [3.05, 3.63) is 17.5 Å². The number of ketones is 1. The zero-order chi connectivity index (χ0) is 13.2. The minimum absolute atomic E-state index is 0.0777. The summed E-state index contributed by atoms with van der Waals surface area (Å²) in [5, 5.41) is 6.29. The Morgan fingerprint density at radius 3 is 2.35 bits per heavy atom. The second-order valence-electron chi connectivity index (χ2n) is 5.21. The van der Waals surface area contributed by atoms with Gasteiger partial charge in [-0.15, -0.1) is 0 Å². The van der Waals surface area contributed by atoms with Crippen molar-refractivity contribution in [1.82, 2.24) is 10.5 Å². The van der Waals surface area contributed by atoms with Gasteiger partial charge >= 0.3 is 0 Å². The topological polar surface area (TPSA) is 72.2 Å². The Morgan fingerprint density at radius 1 is 1.41 bits per heavy atom. The molecule has 1 atom stereocenters. The molecule has 0 saturated heterocycles. The van der Waals surface area contributed by atoms with Gasteiger partial charge in [0.05, 0.1) is 6.04 Å². The summed E-state index contributed by atoms with van der Waals surface area (Å²) >= 11 is 0. The first kappa shape index (κ1) is 13.4. The quantitative estimate of drug-likeness (QED) is 0.870. The van der Waals surface area contributed by atoms with Gasteiger partial charge in [0.15, 0.2) is 11.5 Å². The summed E-state index contributed by atoms with van der Waals surface area (Å²) in [6, 6.07) is 1.00. The van der Waals surface area contributed by atoms with Gasteiger partial charge < -0.3 is 9.84 Å². The van der Waals surface area contributed by atoms with E-state index < -0.39 is 11.9 Å². The fourth-order valence-electron chi connectivity index (χ4n) is 1.61. The van der Waals surface area contributed by atoms with Crippen LogP contribution in [0.2, 0.25) is 0 Å². The molecule has 17 heavy (non-hydrogen) atoms. The molecule has 0 aromatic carbocycles. The number of rotatable bonds is 3. The number of amides is 1. The third-order valence-electron chi connectivity index (χ3n) is 2.41. The largest absolute Gasteiger partial charge is 0.361 e. The van der Waals surface area contributed by atoms with Gasteiger partial charge in [-0.25, -0.2) is 0 Å². The molecule has 1 rings (SSSR count). The first-order valence-corrected chi connectivity index (χ1v) is 5.46. The highest BCUT2D eigenvalue weighted by atomic mass is 16.5. The highest BCUT2D eigenvalue weighted by molar-refractivity contribution is 5.96. The average Bonchev–Trinajstić information content (AvgIpc) is 2.58. The summed E-state index contributed by atoms with van der Waals surface area (Å²) in [6.07, 6.45) is 0. The highest BCUT2D eigenvalue weighted by Crippen LogP contribution is 2.20. The van der Waals surface area contributed by atoms with Crippen LogP contribution in [-0.2, 0) is 4.79 Å². The lowest BCUT2D eigenvalue weighted by molar-refractivity contribution is -0.121. The monoisotopic (exact) mass is 238 g/mol. The summed E-state index contributed by atoms with van der Waals surface area (Å²) in [5.41, 5.74) is -0.140. The fourth-order valence-corrected chi connectivity index (χ4v) is 1.61. The SMILES string of the molecule is CC(=O)[C@@H](NC(=O)c1cc(C)on1)C(C)(C)C. The lowest BCUT2D eigenvalue weighted by Gasteiger charge is -2.28. The molecule has 1 heterocycles. The van der Waals surface area contributed by atoms with Crippen molar-refractivity contribution < 1.29 is 14.1 Å². The van der Waals surface area contributed by atoms with Crippen LogP contribution in [0.4, 0.5) is 0 Å². The maximum Gasteiger partial charge on any atom is 0.274 e. The van der Waals surface area contributed by atoms with E-state index in [9.17, 15) is 9.59 Å². The maximum absolute atomic E-state index is 11.8. The van der Waals surface area contributed by atoms with E-state index in [-0.39, 0.29) is 16.9 Å². The molecule has 94 valence electrons. The Kier molecular flexibility index (Phi) is 3.70. The Morgan fingerprint density at radius 2 is 2.00 bits per heavy atom. The van der Waals surface area contributed by atoms with E-state index in [0.29, 0.717) is 5.76 Å². The van der Waals surface area contributed by atoms with E-state index in [2.05, 4.69) is 10.5 Å². The van der Waals surface area contributed by atoms with Crippen LogP contribution in [0.15, 0.2) is 10.6 Å². The van der Waals surface area contributed by atoms with E-state index in [1.54, 1.807) is 6.92 Å². The minimum Gasteiger partial charge on any atom is -0.361 e. The van der Waals surface area contributed by atoms with E-state index in [0.717, 1.165) is 0 Å². The van der Waals surface area contributed by atoms with Gasteiger partial charge in [0, 0.05) is 6.07 Å². The van der Waals surface area contributed by atoms with Crippen LogP contribution < -0.4 is 5.32 Å². The molecular weight excluding hydrogens is 220 g/mol. The first-order chi connectivity index (χ1) is 7.71. The molecular formula is C12H18N2O3. The summed E-state index contributed by atoms with van der Waals surface area (Å²) < 4.78 is 4.82. The standard InChI is InChI=1S/C12H18N2O3/c1-7-6-9(14-17-7)11(16)13-10(8(2)15)12(3,4)5/h6,10H,1-5H3,(H,13,16)/t10-/m1/s1. The molecule has 0 radical (unpaired) electrons. The number of hydrogen-bond acceptors (Lipinski definition) is 4. The number of nitrogens with one attached hydrogen (secondary N) is 1. The van der Waals surface area contributed by atoms with Crippen molar-refractivity contribution >= 4 is 11.7 Å². The van der Waals surface area contributed by atoms with Gasteiger partial charge in [0.25, 0.3) is 5.91 Å². The molecule has 0 fully saturated rings. The molecule has 5 nitrogen and oxygen atoms in total. The molecule has 1 amide bonds. The number of carbonyl (C=O) groups excluding carboxylic acids is 2. The molecule has 0 aliphatic rings. The zero-order valence-corrected chi connectivity index (χ0v) is 10.8. The number of hydrogen-bond donors (Lipinski definition) is 1. The smallest absolute Gasteiger partial charge is 0.274 e. The molecule has 0 aliphatic carbocycles. The predicted octanol–water partition coefficient (Wildman–Crippen LogP) is 1.72. The molecule has 0 aliphatic heterocycles. The van der Waals surface area contributed by atoms with Crippen molar-refractivity contribution in [3.63, 3.8) is 0 Å². The molecule has 1 N–H and O–H groups in total. The van der Waals surface area contributed by atoms with E-state index in [1.807, 2.05) is 20.8 Å².